The molecule has 0 bridgehead atoms. The Balaban J connectivity index is 1.54. The van der Waals surface area contributed by atoms with E-state index in [1.807, 2.05) is 38.1 Å². The van der Waals surface area contributed by atoms with Gasteiger partial charge in [0.25, 0.3) is 0 Å². The molecule has 0 aromatic heterocycles. The summed E-state index contributed by atoms with van der Waals surface area (Å²) in [5.74, 6) is -0.934. The number of ether oxygens (including phenoxy) is 1. The Hall–Kier alpha value is -2.57. The monoisotopic (exact) mass is 374 g/mol. The lowest BCUT2D eigenvalue weighted by Crippen LogP contribution is -2.46. The molecule has 0 saturated heterocycles. The summed E-state index contributed by atoms with van der Waals surface area (Å²) in [6, 6.07) is 6.83. The summed E-state index contributed by atoms with van der Waals surface area (Å²) in [6.07, 6.45) is 1.87. The third-order valence-electron chi connectivity index (χ3n) is 5.38. The van der Waals surface area contributed by atoms with Gasteiger partial charge in [-0.25, -0.2) is 4.79 Å². The van der Waals surface area contributed by atoms with Crippen LogP contribution in [0.25, 0.3) is 0 Å². The van der Waals surface area contributed by atoms with E-state index in [9.17, 15) is 19.5 Å². The highest BCUT2D eigenvalue weighted by Crippen LogP contribution is 2.60. The predicted octanol–water partition coefficient (Wildman–Crippen LogP) is 1.46. The molecule has 3 rings (SSSR count). The number of nitrogens with one attached hydrogen (secondary N) is 2. The van der Waals surface area contributed by atoms with Crippen LogP contribution in [-0.4, -0.2) is 42.1 Å². The van der Waals surface area contributed by atoms with Crippen LogP contribution in [0.1, 0.15) is 38.7 Å². The summed E-state index contributed by atoms with van der Waals surface area (Å²) in [5, 5.41) is 14.3. The highest BCUT2D eigenvalue weighted by Gasteiger charge is 2.60. The molecule has 1 heterocycles. The van der Waals surface area contributed by atoms with Gasteiger partial charge in [-0.2, -0.15) is 0 Å². The van der Waals surface area contributed by atoms with Gasteiger partial charge in [-0.15, -0.1) is 0 Å². The molecule has 1 saturated carbocycles. The molecule has 1 aliphatic heterocycles. The van der Waals surface area contributed by atoms with E-state index in [2.05, 4.69) is 10.6 Å². The van der Waals surface area contributed by atoms with Crippen molar-refractivity contribution in [2.45, 2.75) is 44.6 Å². The van der Waals surface area contributed by atoms with Gasteiger partial charge in [-0.05, 0) is 31.2 Å². The van der Waals surface area contributed by atoms with Crippen molar-refractivity contribution in [2.75, 3.05) is 13.2 Å². The van der Waals surface area contributed by atoms with Gasteiger partial charge in [0.1, 0.15) is 11.8 Å². The maximum absolute atomic E-state index is 12.5. The molecule has 1 aromatic rings. The first kappa shape index (κ1) is 19.2. The molecule has 146 valence electrons. The predicted molar refractivity (Wildman–Crippen MR) is 98.4 cm³/mol. The van der Waals surface area contributed by atoms with Crippen LogP contribution in [0.3, 0.4) is 0 Å². The van der Waals surface area contributed by atoms with Crippen molar-refractivity contribution in [3.8, 4) is 5.75 Å². The number of hydrogen-bond acceptors (Lipinski definition) is 4. The zero-order chi connectivity index (χ0) is 19.6. The zero-order valence-electron chi connectivity index (χ0n) is 15.7. The molecule has 0 radical (unpaired) electrons. The quantitative estimate of drug-likeness (QED) is 0.670. The minimum Gasteiger partial charge on any atom is -0.493 e. The molecule has 1 fully saturated rings. The number of amides is 2. The van der Waals surface area contributed by atoms with Crippen molar-refractivity contribution in [3.05, 3.63) is 29.8 Å². The zero-order valence-corrected chi connectivity index (χ0v) is 15.7. The summed E-state index contributed by atoms with van der Waals surface area (Å²) in [6.45, 7) is 4.15. The van der Waals surface area contributed by atoms with E-state index < -0.39 is 17.9 Å². The molecular formula is C20H26N2O5. The van der Waals surface area contributed by atoms with Crippen molar-refractivity contribution in [2.24, 2.45) is 11.8 Å². The number of para-hydroxylation sites is 1. The second kappa shape index (κ2) is 7.58. The van der Waals surface area contributed by atoms with Crippen LogP contribution in [0.15, 0.2) is 24.3 Å². The van der Waals surface area contributed by atoms with Crippen molar-refractivity contribution >= 4 is 17.8 Å². The van der Waals surface area contributed by atoms with Crippen molar-refractivity contribution in [3.63, 3.8) is 0 Å². The minimum absolute atomic E-state index is 0.140. The third-order valence-corrected chi connectivity index (χ3v) is 5.38. The van der Waals surface area contributed by atoms with Crippen LogP contribution >= 0.6 is 0 Å². The lowest BCUT2D eigenvalue weighted by atomic mass is 9.87. The molecular weight excluding hydrogens is 348 g/mol. The van der Waals surface area contributed by atoms with Crippen LogP contribution in [0.4, 0.5) is 0 Å². The molecule has 3 atom stereocenters. The summed E-state index contributed by atoms with van der Waals surface area (Å²) in [5.41, 5.74) is 0.861. The lowest BCUT2D eigenvalue weighted by molar-refractivity contribution is -0.142. The Morgan fingerprint density at radius 1 is 1.30 bits per heavy atom. The summed E-state index contributed by atoms with van der Waals surface area (Å²) < 4.78 is 5.67. The van der Waals surface area contributed by atoms with E-state index in [4.69, 9.17) is 4.74 Å². The first-order valence-electron chi connectivity index (χ1n) is 9.35. The number of aliphatic carboxylic acids is 1. The van der Waals surface area contributed by atoms with Crippen LogP contribution in [-0.2, 0) is 19.8 Å². The number of benzene rings is 1. The smallest absolute Gasteiger partial charge is 0.326 e. The molecule has 1 aromatic carbocycles. The van der Waals surface area contributed by atoms with Crippen LogP contribution in [0.2, 0.25) is 0 Å². The first-order valence-corrected chi connectivity index (χ1v) is 9.35. The molecule has 0 unspecified atom stereocenters. The van der Waals surface area contributed by atoms with Gasteiger partial charge in [-0.3, -0.25) is 9.59 Å². The fourth-order valence-electron chi connectivity index (χ4n) is 3.93. The minimum atomic E-state index is -1.07. The van der Waals surface area contributed by atoms with Crippen molar-refractivity contribution in [1.82, 2.24) is 10.6 Å². The molecule has 7 heteroatoms. The number of fused-ring (bicyclic) bond motifs is 2. The van der Waals surface area contributed by atoms with E-state index >= 15 is 0 Å². The molecule has 1 aliphatic carbocycles. The van der Waals surface area contributed by atoms with Gasteiger partial charge in [0.2, 0.25) is 11.8 Å². The summed E-state index contributed by atoms with van der Waals surface area (Å²) in [4.78, 5) is 35.8. The van der Waals surface area contributed by atoms with Gasteiger partial charge in [0.05, 0.1) is 13.2 Å². The van der Waals surface area contributed by atoms with Crippen molar-refractivity contribution in [1.29, 1.82) is 0 Å². The lowest BCUT2D eigenvalue weighted by Gasteiger charge is -2.26. The molecule has 2 amide bonds. The number of carboxylic acids is 1. The fourth-order valence-corrected chi connectivity index (χ4v) is 3.93. The van der Waals surface area contributed by atoms with Gasteiger partial charge < -0.3 is 20.5 Å². The number of carboxylic acid groups (broad SMARTS) is 1. The Kier molecular flexibility index (Phi) is 5.39. The third kappa shape index (κ3) is 4.07. The average molecular weight is 374 g/mol. The van der Waals surface area contributed by atoms with E-state index in [0.717, 1.165) is 24.2 Å². The number of carbonyl (C=O) groups excluding carboxylic acids is 2. The van der Waals surface area contributed by atoms with E-state index in [0.29, 0.717) is 13.0 Å². The van der Waals surface area contributed by atoms with Gasteiger partial charge in [-0.1, -0.05) is 32.0 Å². The van der Waals surface area contributed by atoms with Gasteiger partial charge >= 0.3 is 5.97 Å². The molecule has 1 spiro atoms. The van der Waals surface area contributed by atoms with Crippen LogP contribution in [0, 0.1) is 11.8 Å². The number of rotatable bonds is 7. The fraction of sp³-hybridized carbons (Fsp3) is 0.550. The normalized spacial score (nSPS) is 23.9. The second-order valence-electron chi connectivity index (χ2n) is 7.81. The average Bonchev–Trinajstić information content (AvgIpc) is 3.34. The molecule has 7 nitrogen and oxygen atoms in total. The summed E-state index contributed by atoms with van der Waals surface area (Å²) in [7, 11) is 0. The van der Waals surface area contributed by atoms with E-state index in [1.54, 1.807) is 0 Å². The summed E-state index contributed by atoms with van der Waals surface area (Å²) >= 11 is 0. The van der Waals surface area contributed by atoms with Gasteiger partial charge in [0, 0.05) is 16.9 Å². The van der Waals surface area contributed by atoms with Crippen molar-refractivity contribution < 1.29 is 24.2 Å². The second-order valence-corrected chi connectivity index (χ2v) is 7.81. The van der Waals surface area contributed by atoms with Crippen LogP contribution < -0.4 is 15.4 Å². The van der Waals surface area contributed by atoms with Crippen LogP contribution in [0.5, 0.6) is 5.75 Å². The number of hydrogen-bond donors (Lipinski definition) is 3. The number of carbonyl (C=O) groups is 3. The molecule has 3 N–H and O–H groups in total. The largest absolute Gasteiger partial charge is 0.493 e. The SMILES string of the molecule is CC(C)C[C@H](NC(=O)CNC(=O)[C@@H]1C[C@]12CCOc1ccccc12)C(=O)O. The van der Waals surface area contributed by atoms with E-state index in [1.165, 1.54) is 0 Å². The Bertz CT molecular complexity index is 748. The Morgan fingerprint density at radius 3 is 2.74 bits per heavy atom. The molecule has 2 aliphatic rings. The Labute approximate surface area is 158 Å². The highest BCUT2D eigenvalue weighted by atomic mass is 16.5. The molecule has 27 heavy (non-hydrogen) atoms. The Morgan fingerprint density at radius 2 is 2.04 bits per heavy atom. The maximum atomic E-state index is 12.5. The first-order chi connectivity index (χ1) is 12.8. The maximum Gasteiger partial charge on any atom is 0.326 e. The van der Waals surface area contributed by atoms with E-state index in [-0.39, 0.29) is 29.7 Å². The highest BCUT2D eigenvalue weighted by molar-refractivity contribution is 5.90. The standard InChI is InChI=1S/C20H26N2O5/c1-12(2)9-15(19(25)26)22-17(23)11-21-18(24)14-10-20(14)7-8-27-16-6-4-3-5-13(16)20/h3-6,12,14-15H,7-11H2,1-2H3,(H,21,24)(H,22,23)(H,25,26)/t14-,15-,20-/m0/s1. The van der Waals surface area contributed by atoms with Gasteiger partial charge in [0.15, 0.2) is 0 Å². The topological polar surface area (TPSA) is 105 Å².